The molecule has 2 bridgehead atoms. The minimum absolute atomic E-state index is 0.0772. The fourth-order valence-electron chi connectivity index (χ4n) is 3.34. The van der Waals surface area contributed by atoms with Crippen molar-refractivity contribution in [2.45, 2.75) is 43.8 Å². The van der Waals surface area contributed by atoms with E-state index in [0.717, 1.165) is 12.8 Å². The van der Waals surface area contributed by atoms with Crippen molar-refractivity contribution in [3.63, 3.8) is 0 Å². The van der Waals surface area contributed by atoms with Crippen LogP contribution in [0.25, 0.3) is 0 Å². The molecule has 3 nitrogen and oxygen atoms in total. The summed E-state index contributed by atoms with van der Waals surface area (Å²) in [6, 6.07) is 6.06. The number of nitrogens with one attached hydrogen (secondary N) is 1. The number of carbonyl (C=O) groups is 1. The summed E-state index contributed by atoms with van der Waals surface area (Å²) in [5.74, 6) is -0.401. The van der Waals surface area contributed by atoms with Gasteiger partial charge in [-0.15, -0.1) is 0 Å². The molecule has 2 fully saturated rings. The van der Waals surface area contributed by atoms with Crippen molar-refractivity contribution in [3.05, 3.63) is 33.1 Å². The van der Waals surface area contributed by atoms with Crippen molar-refractivity contribution in [2.75, 3.05) is 7.05 Å². The van der Waals surface area contributed by atoms with Gasteiger partial charge in [0.15, 0.2) is 0 Å². The summed E-state index contributed by atoms with van der Waals surface area (Å²) in [6.07, 6.45) is 4.43. The second-order valence-electron chi connectivity index (χ2n) is 5.81. The molecule has 0 spiro atoms. The zero-order chi connectivity index (χ0) is 14.3. The quantitative estimate of drug-likeness (QED) is 0.791. The highest BCUT2D eigenvalue weighted by Gasteiger charge is 2.36. The van der Waals surface area contributed by atoms with E-state index in [4.69, 9.17) is 0 Å². The first-order valence-electron chi connectivity index (χ1n) is 7.03. The minimum atomic E-state index is -0.324. The number of amides is 1. The highest BCUT2D eigenvalue weighted by molar-refractivity contribution is 14.1. The van der Waals surface area contributed by atoms with Gasteiger partial charge in [-0.25, -0.2) is 4.39 Å². The smallest absolute Gasteiger partial charge is 0.253 e. The van der Waals surface area contributed by atoms with Crippen LogP contribution in [0, 0.1) is 9.39 Å². The fourth-order valence-corrected chi connectivity index (χ4v) is 3.68. The predicted molar refractivity (Wildman–Crippen MR) is 84.2 cm³/mol. The van der Waals surface area contributed by atoms with E-state index in [1.807, 2.05) is 29.6 Å². The Balaban J connectivity index is 1.74. The molecule has 2 unspecified atom stereocenters. The van der Waals surface area contributed by atoms with Crippen LogP contribution < -0.4 is 5.32 Å². The lowest BCUT2D eigenvalue weighted by atomic mass is 9.98. The van der Waals surface area contributed by atoms with Crippen LogP contribution in [0.2, 0.25) is 0 Å². The van der Waals surface area contributed by atoms with E-state index in [1.165, 1.54) is 18.9 Å². The van der Waals surface area contributed by atoms with Gasteiger partial charge in [0.25, 0.3) is 5.91 Å². The van der Waals surface area contributed by atoms with Crippen LogP contribution in [0.4, 0.5) is 4.39 Å². The molecule has 0 radical (unpaired) electrons. The van der Waals surface area contributed by atoms with Gasteiger partial charge in [-0.05, 0) is 66.5 Å². The molecule has 1 amide bonds. The van der Waals surface area contributed by atoms with Gasteiger partial charge in [0, 0.05) is 34.3 Å². The number of piperidine rings is 1. The minimum Gasteiger partial charge on any atom is -0.339 e. The first-order valence-corrected chi connectivity index (χ1v) is 8.10. The Morgan fingerprint density at radius 3 is 2.60 bits per heavy atom. The highest BCUT2D eigenvalue weighted by atomic mass is 127. The number of hydrogen-bond donors (Lipinski definition) is 1. The molecular formula is C15H18FIN2O. The van der Waals surface area contributed by atoms with E-state index in [1.54, 1.807) is 17.0 Å². The normalized spacial score (nSPS) is 28.4. The number of hydrogen-bond acceptors (Lipinski definition) is 2. The maximum atomic E-state index is 13.6. The zero-order valence-corrected chi connectivity index (χ0v) is 13.6. The monoisotopic (exact) mass is 388 g/mol. The Hall–Kier alpha value is -0.690. The molecule has 0 aromatic heterocycles. The third kappa shape index (κ3) is 2.70. The van der Waals surface area contributed by atoms with Crippen molar-refractivity contribution in [1.82, 2.24) is 10.2 Å². The largest absolute Gasteiger partial charge is 0.339 e. The first kappa shape index (κ1) is 14.3. The SMILES string of the molecule is CN(C(=O)c1ccc(I)c(F)c1)C1CC2CCC(C1)N2. The summed E-state index contributed by atoms with van der Waals surface area (Å²) in [7, 11) is 1.84. The van der Waals surface area contributed by atoms with Crippen molar-refractivity contribution < 1.29 is 9.18 Å². The van der Waals surface area contributed by atoms with E-state index in [-0.39, 0.29) is 17.8 Å². The Morgan fingerprint density at radius 2 is 2.00 bits per heavy atom. The molecule has 2 atom stereocenters. The summed E-state index contributed by atoms with van der Waals surface area (Å²) < 4.78 is 14.1. The van der Waals surface area contributed by atoms with Crippen LogP contribution in [-0.2, 0) is 0 Å². The summed E-state index contributed by atoms with van der Waals surface area (Å²) in [5, 5.41) is 3.57. The molecule has 2 aliphatic rings. The molecule has 0 aliphatic carbocycles. The maximum absolute atomic E-state index is 13.6. The molecular weight excluding hydrogens is 370 g/mol. The topological polar surface area (TPSA) is 32.3 Å². The molecule has 0 saturated carbocycles. The van der Waals surface area contributed by atoms with Crippen LogP contribution in [0.1, 0.15) is 36.0 Å². The van der Waals surface area contributed by atoms with Crippen molar-refractivity contribution in [2.24, 2.45) is 0 Å². The van der Waals surface area contributed by atoms with Crippen LogP contribution in [-0.4, -0.2) is 36.0 Å². The van der Waals surface area contributed by atoms with E-state index in [9.17, 15) is 9.18 Å². The number of benzene rings is 1. The average molecular weight is 388 g/mol. The van der Waals surface area contributed by atoms with Gasteiger partial charge in [0.1, 0.15) is 5.82 Å². The molecule has 1 aromatic carbocycles. The number of rotatable bonds is 2. The third-order valence-corrected chi connectivity index (χ3v) is 5.36. The fraction of sp³-hybridized carbons (Fsp3) is 0.533. The van der Waals surface area contributed by atoms with E-state index in [2.05, 4.69) is 5.32 Å². The molecule has 2 aliphatic heterocycles. The van der Waals surface area contributed by atoms with Crippen molar-refractivity contribution in [3.8, 4) is 0 Å². The second-order valence-corrected chi connectivity index (χ2v) is 6.97. The number of halogens is 2. The number of nitrogens with zero attached hydrogens (tertiary/aromatic N) is 1. The molecule has 2 heterocycles. The van der Waals surface area contributed by atoms with E-state index in [0.29, 0.717) is 21.2 Å². The van der Waals surface area contributed by atoms with Crippen LogP contribution >= 0.6 is 22.6 Å². The van der Waals surface area contributed by atoms with Gasteiger partial charge in [0.2, 0.25) is 0 Å². The summed E-state index contributed by atoms with van der Waals surface area (Å²) in [6.45, 7) is 0. The second kappa shape index (κ2) is 5.60. The Morgan fingerprint density at radius 1 is 1.35 bits per heavy atom. The standard InChI is InChI=1S/C15H18FIN2O/c1-19(12-7-10-3-4-11(8-12)18-10)15(20)9-2-5-14(17)13(16)6-9/h2,5-6,10-12,18H,3-4,7-8H2,1H3. The van der Waals surface area contributed by atoms with Gasteiger partial charge in [-0.1, -0.05) is 0 Å². The van der Waals surface area contributed by atoms with E-state index >= 15 is 0 Å². The van der Waals surface area contributed by atoms with Gasteiger partial charge in [-0.3, -0.25) is 4.79 Å². The Labute approximate surface area is 132 Å². The van der Waals surface area contributed by atoms with Crippen LogP contribution in [0.15, 0.2) is 18.2 Å². The number of fused-ring (bicyclic) bond motifs is 2. The molecule has 1 N–H and O–H groups in total. The Kier molecular flexibility index (Phi) is 3.99. The van der Waals surface area contributed by atoms with Crippen LogP contribution in [0.5, 0.6) is 0 Å². The molecule has 108 valence electrons. The van der Waals surface area contributed by atoms with Crippen molar-refractivity contribution in [1.29, 1.82) is 0 Å². The molecule has 2 saturated heterocycles. The summed E-state index contributed by atoms with van der Waals surface area (Å²) in [5.41, 5.74) is 0.441. The Bertz CT molecular complexity index is 525. The lowest BCUT2D eigenvalue weighted by Gasteiger charge is -2.35. The summed E-state index contributed by atoms with van der Waals surface area (Å²) in [4.78, 5) is 14.3. The molecule has 20 heavy (non-hydrogen) atoms. The maximum Gasteiger partial charge on any atom is 0.253 e. The van der Waals surface area contributed by atoms with Gasteiger partial charge < -0.3 is 10.2 Å². The van der Waals surface area contributed by atoms with E-state index < -0.39 is 0 Å². The molecule has 3 rings (SSSR count). The highest BCUT2D eigenvalue weighted by Crippen LogP contribution is 2.30. The third-order valence-electron chi connectivity index (χ3n) is 4.48. The lowest BCUT2D eigenvalue weighted by Crippen LogP contribution is -2.48. The molecule has 5 heteroatoms. The predicted octanol–water partition coefficient (Wildman–Crippen LogP) is 2.79. The van der Waals surface area contributed by atoms with Gasteiger partial charge in [-0.2, -0.15) is 0 Å². The van der Waals surface area contributed by atoms with Crippen molar-refractivity contribution >= 4 is 28.5 Å². The molecule has 1 aromatic rings. The number of carbonyl (C=O) groups excluding carboxylic acids is 1. The summed E-state index contributed by atoms with van der Waals surface area (Å²) >= 11 is 1.93. The lowest BCUT2D eigenvalue weighted by molar-refractivity contribution is 0.0681. The van der Waals surface area contributed by atoms with Gasteiger partial charge in [0.05, 0.1) is 0 Å². The first-order chi connectivity index (χ1) is 9.54. The van der Waals surface area contributed by atoms with Crippen LogP contribution in [0.3, 0.4) is 0 Å². The zero-order valence-electron chi connectivity index (χ0n) is 11.4. The van der Waals surface area contributed by atoms with Gasteiger partial charge >= 0.3 is 0 Å². The average Bonchev–Trinajstić information content (AvgIpc) is 2.79.